The molecule has 20 heavy (non-hydrogen) atoms. The van der Waals surface area contributed by atoms with Crippen LogP contribution in [0.1, 0.15) is 38.7 Å². The number of piperazine rings is 1. The molecule has 1 aromatic carbocycles. The molecule has 1 heterocycles. The van der Waals surface area contributed by atoms with Gasteiger partial charge in [-0.1, -0.05) is 32.4 Å². The van der Waals surface area contributed by atoms with Crippen molar-refractivity contribution in [1.29, 1.82) is 0 Å². The fraction of sp³-hybridized carbons (Fsp3) is 0.647. The van der Waals surface area contributed by atoms with Gasteiger partial charge in [-0.05, 0) is 30.5 Å². The van der Waals surface area contributed by atoms with Crippen molar-refractivity contribution in [3.05, 3.63) is 29.8 Å². The molecule has 2 unspecified atom stereocenters. The van der Waals surface area contributed by atoms with E-state index in [4.69, 9.17) is 4.74 Å². The van der Waals surface area contributed by atoms with Gasteiger partial charge in [0.05, 0.1) is 7.11 Å². The summed E-state index contributed by atoms with van der Waals surface area (Å²) >= 11 is 0. The quantitative estimate of drug-likeness (QED) is 0.864. The summed E-state index contributed by atoms with van der Waals surface area (Å²) in [5.74, 6) is 0.935. The predicted molar refractivity (Wildman–Crippen MR) is 84.2 cm³/mol. The molecule has 1 aliphatic heterocycles. The van der Waals surface area contributed by atoms with E-state index in [0.717, 1.165) is 18.8 Å². The van der Waals surface area contributed by atoms with E-state index in [1.165, 1.54) is 31.4 Å². The molecule has 1 fully saturated rings. The van der Waals surface area contributed by atoms with Crippen molar-refractivity contribution in [1.82, 2.24) is 10.2 Å². The van der Waals surface area contributed by atoms with Crippen LogP contribution in [0.3, 0.4) is 0 Å². The zero-order chi connectivity index (χ0) is 14.4. The van der Waals surface area contributed by atoms with Crippen molar-refractivity contribution in [2.75, 3.05) is 20.2 Å². The minimum absolute atomic E-state index is 0.654. The molecule has 0 aromatic heterocycles. The Morgan fingerprint density at radius 1 is 1.25 bits per heavy atom. The number of nitrogens with one attached hydrogen (secondary N) is 1. The van der Waals surface area contributed by atoms with Gasteiger partial charge in [-0.25, -0.2) is 0 Å². The van der Waals surface area contributed by atoms with E-state index in [1.807, 2.05) is 0 Å². The molecule has 3 heteroatoms. The minimum atomic E-state index is 0.654. The summed E-state index contributed by atoms with van der Waals surface area (Å²) in [4.78, 5) is 2.64. The van der Waals surface area contributed by atoms with Crippen molar-refractivity contribution in [2.45, 2.75) is 51.7 Å². The average molecular weight is 276 g/mol. The first kappa shape index (κ1) is 15.3. The van der Waals surface area contributed by atoms with Gasteiger partial charge in [0.1, 0.15) is 5.75 Å². The van der Waals surface area contributed by atoms with E-state index < -0.39 is 0 Å². The maximum atomic E-state index is 5.23. The van der Waals surface area contributed by atoms with Crippen molar-refractivity contribution >= 4 is 0 Å². The van der Waals surface area contributed by atoms with Gasteiger partial charge in [-0.2, -0.15) is 0 Å². The van der Waals surface area contributed by atoms with Crippen molar-refractivity contribution in [3.63, 3.8) is 0 Å². The Labute approximate surface area is 123 Å². The van der Waals surface area contributed by atoms with Gasteiger partial charge in [-0.15, -0.1) is 0 Å². The molecule has 1 aromatic rings. The van der Waals surface area contributed by atoms with Crippen LogP contribution in [0.15, 0.2) is 24.3 Å². The van der Waals surface area contributed by atoms with Gasteiger partial charge in [0.25, 0.3) is 0 Å². The van der Waals surface area contributed by atoms with Gasteiger partial charge in [0.2, 0.25) is 0 Å². The summed E-state index contributed by atoms with van der Waals surface area (Å²) in [7, 11) is 1.72. The molecule has 0 aliphatic carbocycles. The van der Waals surface area contributed by atoms with E-state index in [9.17, 15) is 0 Å². The van der Waals surface area contributed by atoms with Crippen molar-refractivity contribution in [2.24, 2.45) is 0 Å². The molecule has 112 valence electrons. The van der Waals surface area contributed by atoms with Gasteiger partial charge in [0.15, 0.2) is 0 Å². The highest BCUT2D eigenvalue weighted by molar-refractivity contribution is 5.27. The third-order valence-electron chi connectivity index (χ3n) is 4.27. The lowest BCUT2D eigenvalue weighted by Crippen LogP contribution is -2.55. The van der Waals surface area contributed by atoms with Crippen LogP contribution in [0.4, 0.5) is 0 Å². The molecule has 1 saturated heterocycles. The Hall–Kier alpha value is -1.06. The van der Waals surface area contributed by atoms with Crippen LogP contribution in [0.25, 0.3) is 0 Å². The lowest BCUT2D eigenvalue weighted by Gasteiger charge is -2.40. The first-order chi connectivity index (χ1) is 9.76. The molecule has 0 spiro atoms. The topological polar surface area (TPSA) is 24.5 Å². The molecular weight excluding hydrogens is 248 g/mol. The smallest absolute Gasteiger partial charge is 0.118 e. The molecule has 0 radical (unpaired) electrons. The molecule has 1 N–H and O–H groups in total. The SMILES string of the molecule is CCCC1CN(Cc2ccc(OC)cc2)C(CC)CN1. The third kappa shape index (κ3) is 3.97. The summed E-state index contributed by atoms with van der Waals surface area (Å²) < 4.78 is 5.23. The van der Waals surface area contributed by atoms with Gasteiger partial charge < -0.3 is 10.1 Å². The summed E-state index contributed by atoms with van der Waals surface area (Å²) in [5.41, 5.74) is 1.38. The zero-order valence-corrected chi connectivity index (χ0v) is 13.1. The molecule has 2 rings (SSSR count). The molecule has 3 nitrogen and oxygen atoms in total. The Balaban J connectivity index is 1.99. The van der Waals surface area contributed by atoms with Gasteiger partial charge >= 0.3 is 0 Å². The molecule has 0 amide bonds. The second-order valence-electron chi connectivity index (χ2n) is 5.73. The predicted octanol–water partition coefficient (Wildman–Crippen LogP) is 3.05. The van der Waals surface area contributed by atoms with Crippen molar-refractivity contribution in [3.8, 4) is 5.75 Å². The van der Waals surface area contributed by atoms with Crippen LogP contribution in [0.2, 0.25) is 0 Å². The van der Waals surface area contributed by atoms with Crippen LogP contribution in [0.5, 0.6) is 5.75 Å². The molecule has 0 saturated carbocycles. The first-order valence-electron chi connectivity index (χ1n) is 7.87. The number of methoxy groups -OCH3 is 1. The lowest BCUT2D eigenvalue weighted by molar-refractivity contribution is 0.115. The minimum Gasteiger partial charge on any atom is -0.497 e. The monoisotopic (exact) mass is 276 g/mol. The normalized spacial score (nSPS) is 23.8. The largest absolute Gasteiger partial charge is 0.497 e. The van der Waals surface area contributed by atoms with Crippen molar-refractivity contribution < 1.29 is 4.74 Å². The maximum Gasteiger partial charge on any atom is 0.118 e. The van der Waals surface area contributed by atoms with Crippen LogP contribution in [-0.4, -0.2) is 37.2 Å². The van der Waals surface area contributed by atoms with E-state index in [2.05, 4.69) is 48.3 Å². The molecule has 0 bridgehead atoms. The Bertz CT molecular complexity index is 390. The standard InChI is InChI=1S/C17H28N2O/c1-4-6-15-13-19(16(5-2)11-18-15)12-14-7-9-17(20-3)10-8-14/h7-10,15-16,18H,4-6,11-13H2,1-3H3. The summed E-state index contributed by atoms with van der Waals surface area (Å²) in [6.07, 6.45) is 3.74. The van der Waals surface area contributed by atoms with E-state index in [1.54, 1.807) is 7.11 Å². The van der Waals surface area contributed by atoms with E-state index in [-0.39, 0.29) is 0 Å². The summed E-state index contributed by atoms with van der Waals surface area (Å²) in [5, 5.41) is 3.69. The third-order valence-corrected chi connectivity index (χ3v) is 4.27. The molecule has 2 atom stereocenters. The highest BCUT2D eigenvalue weighted by Crippen LogP contribution is 2.18. The summed E-state index contributed by atoms with van der Waals surface area (Å²) in [6.45, 7) is 7.88. The fourth-order valence-electron chi connectivity index (χ4n) is 3.03. The van der Waals surface area contributed by atoms with Crippen LogP contribution >= 0.6 is 0 Å². The molecular formula is C17H28N2O. The van der Waals surface area contributed by atoms with Gasteiger partial charge in [-0.3, -0.25) is 4.90 Å². The Morgan fingerprint density at radius 2 is 2.00 bits per heavy atom. The number of rotatable bonds is 6. The number of benzene rings is 1. The second kappa shape index (κ2) is 7.65. The Kier molecular flexibility index (Phi) is 5.86. The maximum absolute atomic E-state index is 5.23. The number of hydrogen-bond donors (Lipinski definition) is 1. The number of ether oxygens (including phenoxy) is 1. The van der Waals surface area contributed by atoms with Crippen LogP contribution in [0, 0.1) is 0 Å². The van der Waals surface area contributed by atoms with Crippen LogP contribution < -0.4 is 10.1 Å². The average Bonchev–Trinajstić information content (AvgIpc) is 2.49. The highest BCUT2D eigenvalue weighted by atomic mass is 16.5. The van der Waals surface area contributed by atoms with Crippen LogP contribution in [-0.2, 0) is 6.54 Å². The fourth-order valence-corrected chi connectivity index (χ4v) is 3.03. The number of hydrogen-bond acceptors (Lipinski definition) is 3. The summed E-state index contributed by atoms with van der Waals surface area (Å²) in [6, 6.07) is 9.79. The van der Waals surface area contributed by atoms with E-state index in [0.29, 0.717) is 12.1 Å². The second-order valence-corrected chi connectivity index (χ2v) is 5.73. The van der Waals surface area contributed by atoms with Gasteiger partial charge in [0, 0.05) is 31.7 Å². The number of nitrogens with zero attached hydrogens (tertiary/aromatic N) is 1. The van der Waals surface area contributed by atoms with E-state index >= 15 is 0 Å². The highest BCUT2D eigenvalue weighted by Gasteiger charge is 2.25. The first-order valence-corrected chi connectivity index (χ1v) is 7.87. The molecule has 1 aliphatic rings. The lowest BCUT2D eigenvalue weighted by atomic mass is 10.0. The zero-order valence-electron chi connectivity index (χ0n) is 13.1. The Morgan fingerprint density at radius 3 is 2.60 bits per heavy atom.